The van der Waals surface area contributed by atoms with Gasteiger partial charge in [0.25, 0.3) is 11.6 Å². The van der Waals surface area contributed by atoms with Crippen LogP contribution in [0.15, 0.2) is 34.9 Å². The third kappa shape index (κ3) is 3.83. The van der Waals surface area contributed by atoms with E-state index in [1.54, 1.807) is 24.3 Å². The van der Waals surface area contributed by atoms with Crippen LogP contribution in [0.4, 0.5) is 11.4 Å². The molecule has 1 saturated heterocycles. The Labute approximate surface area is 178 Å². The summed E-state index contributed by atoms with van der Waals surface area (Å²) < 4.78 is 21.5. The number of hydrogen-bond donors (Lipinski definition) is 0. The Bertz CT molecular complexity index is 1080. The van der Waals surface area contributed by atoms with Gasteiger partial charge in [0.2, 0.25) is 11.6 Å². The summed E-state index contributed by atoms with van der Waals surface area (Å²) in [6, 6.07) is 8.37. The van der Waals surface area contributed by atoms with E-state index in [-0.39, 0.29) is 16.5 Å². The molecule has 162 valence electrons. The van der Waals surface area contributed by atoms with Crippen LogP contribution >= 0.6 is 0 Å². The number of nitro benzene ring substituents is 1. The second-order valence-electron chi connectivity index (χ2n) is 6.99. The zero-order chi connectivity index (χ0) is 22.0. The summed E-state index contributed by atoms with van der Waals surface area (Å²) in [5.74, 6) is 1.83. The Morgan fingerprint density at radius 2 is 1.68 bits per heavy atom. The van der Waals surface area contributed by atoms with Gasteiger partial charge in [-0.05, 0) is 37.1 Å². The Balaban J connectivity index is 1.71. The van der Waals surface area contributed by atoms with Crippen molar-refractivity contribution in [2.75, 3.05) is 39.3 Å². The van der Waals surface area contributed by atoms with Crippen molar-refractivity contribution < 1.29 is 23.7 Å². The number of benzene rings is 2. The van der Waals surface area contributed by atoms with E-state index >= 15 is 0 Å². The number of hydrogen-bond acceptors (Lipinski definition) is 9. The van der Waals surface area contributed by atoms with E-state index in [0.29, 0.717) is 39.9 Å². The molecule has 2 heterocycles. The maximum absolute atomic E-state index is 11.7. The summed E-state index contributed by atoms with van der Waals surface area (Å²) in [6.45, 7) is 1.62. The van der Waals surface area contributed by atoms with Crippen molar-refractivity contribution in [2.24, 2.45) is 0 Å². The van der Waals surface area contributed by atoms with Gasteiger partial charge in [0.05, 0.1) is 26.3 Å². The highest BCUT2D eigenvalue weighted by Gasteiger charge is 2.24. The van der Waals surface area contributed by atoms with Gasteiger partial charge in [-0.2, -0.15) is 4.98 Å². The number of aromatic nitrogens is 2. The van der Waals surface area contributed by atoms with E-state index in [4.69, 9.17) is 18.7 Å². The highest BCUT2D eigenvalue weighted by atomic mass is 16.6. The lowest BCUT2D eigenvalue weighted by molar-refractivity contribution is -0.384. The molecular formula is C21H22N4O6. The fourth-order valence-electron chi connectivity index (χ4n) is 3.70. The molecule has 10 heteroatoms. The first kappa shape index (κ1) is 20.5. The van der Waals surface area contributed by atoms with Gasteiger partial charge in [-0.15, -0.1) is 0 Å². The number of ether oxygens (including phenoxy) is 3. The van der Waals surface area contributed by atoms with Gasteiger partial charge in [0.15, 0.2) is 11.5 Å². The van der Waals surface area contributed by atoms with Gasteiger partial charge in [0, 0.05) is 30.3 Å². The van der Waals surface area contributed by atoms with Gasteiger partial charge < -0.3 is 23.6 Å². The second-order valence-corrected chi connectivity index (χ2v) is 6.99. The third-order valence-electron chi connectivity index (χ3n) is 5.21. The summed E-state index contributed by atoms with van der Waals surface area (Å²) in [5, 5.41) is 15.7. The quantitative estimate of drug-likeness (QED) is 0.409. The van der Waals surface area contributed by atoms with Gasteiger partial charge in [-0.25, -0.2) is 0 Å². The monoisotopic (exact) mass is 426 g/mol. The fraction of sp³-hybridized carbons (Fsp3) is 0.333. The highest BCUT2D eigenvalue weighted by Crippen LogP contribution is 2.41. The molecule has 0 spiro atoms. The van der Waals surface area contributed by atoms with Crippen molar-refractivity contribution in [3.05, 3.63) is 40.4 Å². The molecule has 2 aromatic carbocycles. The molecule has 1 aliphatic heterocycles. The molecule has 0 N–H and O–H groups in total. The molecule has 31 heavy (non-hydrogen) atoms. The Hall–Kier alpha value is -3.82. The highest BCUT2D eigenvalue weighted by molar-refractivity contribution is 5.72. The molecule has 0 unspecified atom stereocenters. The fourth-order valence-corrected chi connectivity index (χ4v) is 3.70. The van der Waals surface area contributed by atoms with Crippen LogP contribution in [0.2, 0.25) is 0 Å². The molecule has 0 amide bonds. The van der Waals surface area contributed by atoms with Crippen LogP contribution in [-0.4, -0.2) is 49.5 Å². The van der Waals surface area contributed by atoms with Crippen molar-refractivity contribution in [1.29, 1.82) is 0 Å². The largest absolute Gasteiger partial charge is 0.493 e. The Morgan fingerprint density at radius 1 is 1.00 bits per heavy atom. The van der Waals surface area contributed by atoms with E-state index in [1.807, 2.05) is 4.90 Å². The van der Waals surface area contributed by atoms with Crippen molar-refractivity contribution >= 4 is 11.4 Å². The van der Waals surface area contributed by atoms with Gasteiger partial charge in [0.1, 0.15) is 5.69 Å². The summed E-state index contributed by atoms with van der Waals surface area (Å²) in [5.41, 5.74) is 1.69. The summed E-state index contributed by atoms with van der Waals surface area (Å²) in [6.07, 6.45) is 2.06. The molecule has 0 radical (unpaired) electrons. The molecular weight excluding hydrogens is 404 g/mol. The first-order valence-electron chi connectivity index (χ1n) is 9.73. The van der Waals surface area contributed by atoms with Gasteiger partial charge in [-0.1, -0.05) is 5.16 Å². The Kier molecular flexibility index (Phi) is 5.61. The lowest BCUT2D eigenvalue weighted by atomic mass is 10.1. The van der Waals surface area contributed by atoms with Crippen molar-refractivity contribution in [3.8, 4) is 40.1 Å². The number of nitro groups is 1. The number of methoxy groups -OCH3 is 3. The number of anilines is 1. The van der Waals surface area contributed by atoms with Crippen LogP contribution in [0.5, 0.6) is 17.2 Å². The second kappa shape index (κ2) is 8.50. The zero-order valence-electron chi connectivity index (χ0n) is 17.5. The summed E-state index contributed by atoms with van der Waals surface area (Å²) in [4.78, 5) is 17.7. The third-order valence-corrected chi connectivity index (χ3v) is 5.21. The Morgan fingerprint density at radius 3 is 2.26 bits per heavy atom. The maximum atomic E-state index is 11.7. The first-order valence-corrected chi connectivity index (χ1v) is 9.73. The van der Waals surface area contributed by atoms with Crippen LogP contribution < -0.4 is 19.1 Å². The number of rotatable bonds is 7. The molecule has 10 nitrogen and oxygen atoms in total. The van der Waals surface area contributed by atoms with Crippen LogP contribution in [0.25, 0.3) is 22.8 Å². The molecule has 0 bridgehead atoms. The first-order chi connectivity index (χ1) is 15.0. The molecule has 1 aliphatic rings. The number of nitrogens with zero attached hydrogens (tertiary/aromatic N) is 4. The van der Waals surface area contributed by atoms with Crippen LogP contribution in [-0.2, 0) is 0 Å². The molecule has 0 saturated carbocycles. The lowest BCUT2D eigenvalue weighted by Gasteiger charge is -2.17. The van der Waals surface area contributed by atoms with E-state index in [2.05, 4.69) is 10.1 Å². The SMILES string of the molecule is COc1cc(-c2noc(-c3ccc(N4CCCC4)c([N+](=O)[O-])c3)n2)cc(OC)c1OC. The minimum absolute atomic E-state index is 0.0203. The predicted octanol–water partition coefficient (Wildman–Crippen LogP) is 3.94. The average molecular weight is 426 g/mol. The maximum Gasteiger partial charge on any atom is 0.293 e. The molecule has 1 fully saturated rings. The van der Waals surface area contributed by atoms with Crippen LogP contribution in [0, 0.1) is 10.1 Å². The zero-order valence-corrected chi connectivity index (χ0v) is 17.5. The van der Waals surface area contributed by atoms with E-state index in [0.717, 1.165) is 25.9 Å². The minimum Gasteiger partial charge on any atom is -0.493 e. The van der Waals surface area contributed by atoms with E-state index in [9.17, 15) is 10.1 Å². The van der Waals surface area contributed by atoms with Crippen LogP contribution in [0.1, 0.15) is 12.8 Å². The van der Waals surface area contributed by atoms with Crippen molar-refractivity contribution in [2.45, 2.75) is 12.8 Å². The molecule has 1 aromatic heterocycles. The lowest BCUT2D eigenvalue weighted by Crippen LogP contribution is -2.18. The summed E-state index contributed by atoms with van der Waals surface area (Å²) >= 11 is 0. The van der Waals surface area contributed by atoms with Gasteiger partial charge in [-0.3, -0.25) is 10.1 Å². The van der Waals surface area contributed by atoms with E-state index in [1.165, 1.54) is 27.4 Å². The standard InChI is InChI=1S/C21H22N4O6/c1-28-17-11-14(12-18(29-2)19(17)30-3)20-22-21(31-23-20)13-6-7-15(16(10-13)25(26)27)24-8-4-5-9-24/h6-7,10-12H,4-5,8-9H2,1-3H3. The smallest absolute Gasteiger partial charge is 0.293 e. The predicted molar refractivity (Wildman–Crippen MR) is 113 cm³/mol. The normalized spacial score (nSPS) is 13.3. The average Bonchev–Trinajstić information content (AvgIpc) is 3.50. The minimum atomic E-state index is -0.381. The molecule has 0 atom stereocenters. The molecule has 0 aliphatic carbocycles. The molecule has 4 rings (SSSR count). The topological polar surface area (TPSA) is 113 Å². The molecule has 3 aromatic rings. The van der Waals surface area contributed by atoms with Crippen LogP contribution in [0.3, 0.4) is 0 Å². The summed E-state index contributed by atoms with van der Waals surface area (Å²) in [7, 11) is 4.55. The van der Waals surface area contributed by atoms with Crippen molar-refractivity contribution in [3.63, 3.8) is 0 Å². The van der Waals surface area contributed by atoms with E-state index < -0.39 is 0 Å². The van der Waals surface area contributed by atoms with Gasteiger partial charge >= 0.3 is 0 Å². The van der Waals surface area contributed by atoms with Crippen molar-refractivity contribution in [1.82, 2.24) is 10.1 Å².